The van der Waals surface area contributed by atoms with Gasteiger partial charge in [0.2, 0.25) is 5.91 Å². The Labute approximate surface area is 184 Å². The molecule has 0 atom stereocenters. The minimum absolute atomic E-state index is 0. The van der Waals surface area contributed by atoms with Gasteiger partial charge in [0, 0.05) is 20.1 Å². The normalized spacial score (nSPS) is 10.6. The third-order valence-electron chi connectivity index (χ3n) is 4.10. The smallest absolute Gasteiger partial charge is 0.239 e. The van der Waals surface area contributed by atoms with Crippen molar-refractivity contribution >= 4 is 35.8 Å². The summed E-state index contributed by atoms with van der Waals surface area (Å²) in [6.45, 7) is 1.49. The fourth-order valence-electron chi connectivity index (χ4n) is 2.66. The van der Waals surface area contributed by atoms with E-state index in [0.29, 0.717) is 19.0 Å². The fraction of sp³-hybridized carbons (Fsp3) is 0.333. The van der Waals surface area contributed by atoms with Crippen LogP contribution in [0.3, 0.4) is 0 Å². The van der Waals surface area contributed by atoms with Gasteiger partial charge in [-0.05, 0) is 30.0 Å². The van der Waals surface area contributed by atoms with Crippen molar-refractivity contribution in [3.05, 3.63) is 65.7 Å². The maximum Gasteiger partial charge on any atom is 0.239 e. The van der Waals surface area contributed by atoms with Gasteiger partial charge in [0.15, 0.2) is 5.96 Å². The van der Waals surface area contributed by atoms with Gasteiger partial charge in [-0.15, -0.1) is 24.0 Å². The van der Waals surface area contributed by atoms with Gasteiger partial charge in [-0.3, -0.25) is 9.79 Å². The molecule has 0 unspecified atom stereocenters. The zero-order valence-corrected chi connectivity index (χ0v) is 18.7. The van der Waals surface area contributed by atoms with Crippen LogP contribution < -0.4 is 20.7 Å². The lowest BCUT2D eigenvalue weighted by molar-refractivity contribution is -0.119. The second kappa shape index (κ2) is 13.8. The Bertz CT molecular complexity index is 738. The number of aliphatic imine (C=N–C) groups is 1. The van der Waals surface area contributed by atoms with Gasteiger partial charge in [0.05, 0.1) is 13.7 Å². The molecule has 28 heavy (non-hydrogen) atoms. The summed E-state index contributed by atoms with van der Waals surface area (Å²) in [5, 5.41) is 9.15. The maximum absolute atomic E-state index is 12.0. The Hall–Kier alpha value is -2.29. The number of rotatable bonds is 9. The zero-order valence-electron chi connectivity index (χ0n) is 16.4. The summed E-state index contributed by atoms with van der Waals surface area (Å²) < 4.78 is 5.35. The second-order valence-corrected chi connectivity index (χ2v) is 6.00. The summed E-state index contributed by atoms with van der Waals surface area (Å²) in [5.41, 5.74) is 2.33. The summed E-state index contributed by atoms with van der Waals surface area (Å²) in [4.78, 5) is 16.1. The molecule has 7 heteroatoms. The average molecular weight is 496 g/mol. The molecule has 0 aromatic heterocycles. The Morgan fingerprint density at radius 1 is 0.929 bits per heavy atom. The van der Waals surface area contributed by atoms with E-state index < -0.39 is 0 Å². The van der Waals surface area contributed by atoms with E-state index in [4.69, 9.17) is 4.74 Å². The number of nitrogens with zero attached hydrogens (tertiary/aromatic N) is 1. The maximum atomic E-state index is 12.0. The molecule has 0 saturated heterocycles. The molecule has 0 aliphatic carbocycles. The standard InChI is InChI=1S/C21H28N4O2.HI/c1-22-21(24-15-13-18-10-6-7-11-19(18)27-2)25-16-20(26)23-14-12-17-8-4-3-5-9-17;/h3-11H,12-16H2,1-2H3,(H,23,26)(H2,22,24,25);1H. The van der Waals surface area contributed by atoms with Gasteiger partial charge in [-0.25, -0.2) is 0 Å². The number of para-hydroxylation sites is 1. The van der Waals surface area contributed by atoms with Crippen molar-refractivity contribution in [1.82, 2.24) is 16.0 Å². The molecule has 0 spiro atoms. The van der Waals surface area contributed by atoms with Crippen molar-refractivity contribution in [3.8, 4) is 5.75 Å². The first kappa shape index (κ1) is 23.7. The third-order valence-corrected chi connectivity index (χ3v) is 4.10. The SMILES string of the molecule is CN=C(NCCc1ccccc1OC)NCC(=O)NCCc1ccccc1.I. The highest BCUT2D eigenvalue weighted by Gasteiger charge is 2.05. The van der Waals surface area contributed by atoms with E-state index in [0.717, 1.165) is 24.2 Å². The Balaban J connectivity index is 0.00000392. The largest absolute Gasteiger partial charge is 0.496 e. The van der Waals surface area contributed by atoms with Gasteiger partial charge < -0.3 is 20.7 Å². The molecule has 0 saturated carbocycles. The monoisotopic (exact) mass is 496 g/mol. The number of hydrogen-bond donors (Lipinski definition) is 3. The lowest BCUT2D eigenvalue weighted by Crippen LogP contribution is -2.44. The number of carbonyl (C=O) groups is 1. The molecular weight excluding hydrogens is 467 g/mol. The van der Waals surface area contributed by atoms with Crippen LogP contribution >= 0.6 is 24.0 Å². The first-order chi connectivity index (χ1) is 13.2. The van der Waals surface area contributed by atoms with Crippen molar-refractivity contribution in [2.45, 2.75) is 12.8 Å². The molecule has 0 radical (unpaired) electrons. The minimum atomic E-state index is -0.0568. The van der Waals surface area contributed by atoms with Crippen molar-refractivity contribution in [1.29, 1.82) is 0 Å². The molecule has 0 heterocycles. The van der Waals surface area contributed by atoms with Crippen molar-refractivity contribution in [3.63, 3.8) is 0 Å². The van der Waals surface area contributed by atoms with E-state index >= 15 is 0 Å². The highest BCUT2D eigenvalue weighted by atomic mass is 127. The van der Waals surface area contributed by atoms with E-state index in [1.54, 1.807) is 14.2 Å². The van der Waals surface area contributed by atoms with Crippen molar-refractivity contribution < 1.29 is 9.53 Å². The summed E-state index contributed by atoms with van der Waals surface area (Å²) in [5.74, 6) is 1.42. The Morgan fingerprint density at radius 3 is 2.32 bits per heavy atom. The van der Waals surface area contributed by atoms with Crippen LogP contribution in [0.15, 0.2) is 59.6 Å². The number of carbonyl (C=O) groups excluding carboxylic acids is 1. The number of benzene rings is 2. The number of guanidine groups is 1. The summed E-state index contributed by atoms with van der Waals surface area (Å²) in [7, 11) is 3.36. The lowest BCUT2D eigenvalue weighted by atomic mass is 10.1. The number of methoxy groups -OCH3 is 1. The quantitative estimate of drug-likeness (QED) is 0.283. The van der Waals surface area contributed by atoms with Gasteiger partial charge in [0.25, 0.3) is 0 Å². The van der Waals surface area contributed by atoms with Gasteiger partial charge in [0.1, 0.15) is 5.75 Å². The lowest BCUT2D eigenvalue weighted by Gasteiger charge is -2.13. The van der Waals surface area contributed by atoms with Gasteiger partial charge >= 0.3 is 0 Å². The first-order valence-electron chi connectivity index (χ1n) is 9.10. The van der Waals surface area contributed by atoms with Crippen LogP contribution in [0.1, 0.15) is 11.1 Å². The van der Waals surface area contributed by atoms with Crippen molar-refractivity contribution in [2.75, 3.05) is 33.8 Å². The van der Waals surface area contributed by atoms with E-state index in [2.05, 4.69) is 33.1 Å². The van der Waals surface area contributed by atoms with Crippen molar-refractivity contribution in [2.24, 2.45) is 4.99 Å². The molecular formula is C21H29IN4O2. The molecule has 0 aliphatic heterocycles. The highest BCUT2D eigenvalue weighted by molar-refractivity contribution is 14.0. The third kappa shape index (κ3) is 8.60. The van der Waals surface area contributed by atoms with Crippen LogP contribution in [-0.2, 0) is 17.6 Å². The van der Waals surface area contributed by atoms with E-state index in [9.17, 15) is 4.79 Å². The number of amides is 1. The first-order valence-corrected chi connectivity index (χ1v) is 9.10. The van der Waals surface area contributed by atoms with Gasteiger partial charge in [-0.2, -0.15) is 0 Å². The second-order valence-electron chi connectivity index (χ2n) is 6.00. The number of nitrogens with one attached hydrogen (secondary N) is 3. The van der Waals surface area contributed by atoms with Crippen LogP contribution in [0.4, 0.5) is 0 Å². The molecule has 152 valence electrons. The number of ether oxygens (including phenoxy) is 1. The number of hydrogen-bond acceptors (Lipinski definition) is 3. The van der Waals surface area contributed by atoms with Crippen LogP contribution in [0.25, 0.3) is 0 Å². The van der Waals surface area contributed by atoms with Gasteiger partial charge in [-0.1, -0.05) is 48.5 Å². The van der Waals surface area contributed by atoms with E-state index in [-0.39, 0.29) is 36.4 Å². The molecule has 0 aliphatic rings. The fourth-order valence-corrected chi connectivity index (χ4v) is 2.66. The van der Waals surface area contributed by atoms with E-state index in [1.165, 1.54) is 5.56 Å². The summed E-state index contributed by atoms with van der Waals surface area (Å²) in [6.07, 6.45) is 1.62. The molecule has 3 N–H and O–H groups in total. The topological polar surface area (TPSA) is 74.8 Å². The van der Waals surface area contributed by atoms with Crippen LogP contribution in [-0.4, -0.2) is 45.7 Å². The van der Waals surface area contributed by atoms with E-state index in [1.807, 2.05) is 42.5 Å². The molecule has 2 aromatic rings. The molecule has 6 nitrogen and oxygen atoms in total. The molecule has 0 fully saturated rings. The molecule has 1 amide bonds. The predicted octanol–water partition coefficient (Wildman–Crippen LogP) is 2.38. The van der Waals surface area contributed by atoms with Crippen LogP contribution in [0.2, 0.25) is 0 Å². The highest BCUT2D eigenvalue weighted by Crippen LogP contribution is 2.17. The van der Waals surface area contributed by atoms with Crippen LogP contribution in [0.5, 0.6) is 5.75 Å². The molecule has 2 aromatic carbocycles. The molecule has 2 rings (SSSR count). The Morgan fingerprint density at radius 2 is 1.61 bits per heavy atom. The Kier molecular flexibility index (Phi) is 11.7. The predicted molar refractivity (Wildman–Crippen MR) is 125 cm³/mol. The minimum Gasteiger partial charge on any atom is -0.496 e. The number of halogens is 1. The zero-order chi connectivity index (χ0) is 19.3. The summed E-state index contributed by atoms with van der Waals surface area (Å²) in [6, 6.07) is 18.0. The van der Waals surface area contributed by atoms with Crippen LogP contribution in [0, 0.1) is 0 Å². The summed E-state index contributed by atoms with van der Waals surface area (Å²) >= 11 is 0. The molecule has 0 bridgehead atoms. The average Bonchev–Trinajstić information content (AvgIpc) is 2.71.